The van der Waals surface area contributed by atoms with Gasteiger partial charge in [0, 0.05) is 19.5 Å². The fraction of sp³-hybridized carbons (Fsp3) is 0.875. The molecule has 1 aliphatic heterocycles. The predicted molar refractivity (Wildman–Crippen MR) is 81.3 cm³/mol. The highest BCUT2D eigenvalue weighted by Gasteiger charge is 2.38. The highest BCUT2D eigenvalue weighted by atomic mass is 16.2. The van der Waals surface area contributed by atoms with Gasteiger partial charge in [-0.3, -0.25) is 9.59 Å². The number of unbranched alkanes of at least 4 members (excludes halogenated alkanes) is 2. The fourth-order valence-corrected chi connectivity index (χ4v) is 2.80. The van der Waals surface area contributed by atoms with Gasteiger partial charge in [-0.25, -0.2) is 0 Å². The molecule has 0 spiro atoms. The van der Waals surface area contributed by atoms with Crippen molar-refractivity contribution in [2.75, 3.05) is 13.1 Å². The van der Waals surface area contributed by atoms with Crippen molar-refractivity contribution in [2.24, 2.45) is 5.41 Å². The van der Waals surface area contributed by atoms with Crippen LogP contribution in [0.2, 0.25) is 0 Å². The van der Waals surface area contributed by atoms with Crippen molar-refractivity contribution in [2.45, 2.75) is 72.3 Å². The smallest absolute Gasteiger partial charge is 0.247 e. The largest absolute Gasteiger partial charge is 0.342 e. The third-order valence-electron chi connectivity index (χ3n) is 3.96. The molecule has 0 atom stereocenters. The molecule has 4 heteroatoms. The summed E-state index contributed by atoms with van der Waals surface area (Å²) in [6.45, 7) is 11.5. The Morgan fingerprint density at radius 3 is 2.50 bits per heavy atom. The quantitative estimate of drug-likeness (QED) is 0.762. The van der Waals surface area contributed by atoms with Gasteiger partial charge in [0.1, 0.15) is 5.54 Å². The van der Waals surface area contributed by atoms with Crippen LogP contribution in [0.15, 0.2) is 0 Å². The van der Waals surface area contributed by atoms with Crippen molar-refractivity contribution < 1.29 is 9.59 Å². The van der Waals surface area contributed by atoms with Crippen LogP contribution in [0.25, 0.3) is 0 Å². The second-order valence-corrected chi connectivity index (χ2v) is 7.27. The number of rotatable bonds is 6. The Morgan fingerprint density at radius 2 is 1.90 bits per heavy atom. The zero-order valence-corrected chi connectivity index (χ0v) is 13.7. The van der Waals surface area contributed by atoms with Crippen LogP contribution < -0.4 is 5.32 Å². The van der Waals surface area contributed by atoms with Crippen molar-refractivity contribution in [3.05, 3.63) is 0 Å². The normalized spacial score (nSPS) is 19.8. The van der Waals surface area contributed by atoms with Crippen molar-refractivity contribution in [3.63, 3.8) is 0 Å². The molecule has 1 saturated heterocycles. The van der Waals surface area contributed by atoms with E-state index in [0.29, 0.717) is 13.0 Å². The van der Waals surface area contributed by atoms with Gasteiger partial charge in [-0.05, 0) is 25.7 Å². The molecule has 1 fully saturated rings. The number of amides is 2. The summed E-state index contributed by atoms with van der Waals surface area (Å²) >= 11 is 0. The Balaban J connectivity index is 2.69. The van der Waals surface area contributed by atoms with E-state index in [4.69, 9.17) is 0 Å². The average Bonchev–Trinajstić information content (AvgIpc) is 2.40. The second-order valence-electron chi connectivity index (χ2n) is 7.27. The molecule has 0 saturated carbocycles. The molecule has 1 N–H and O–H groups in total. The first-order valence-corrected chi connectivity index (χ1v) is 7.78. The third-order valence-corrected chi connectivity index (χ3v) is 3.96. The molecule has 1 aliphatic rings. The van der Waals surface area contributed by atoms with Crippen molar-refractivity contribution in [1.82, 2.24) is 10.2 Å². The first-order chi connectivity index (χ1) is 9.18. The number of carbonyl (C=O) groups is 2. The molecule has 1 rings (SSSR count). The maximum Gasteiger partial charge on any atom is 0.247 e. The summed E-state index contributed by atoms with van der Waals surface area (Å²) in [6, 6.07) is 0. The molecule has 4 nitrogen and oxygen atoms in total. The van der Waals surface area contributed by atoms with Crippen LogP contribution in [0, 0.1) is 5.41 Å². The van der Waals surface area contributed by atoms with E-state index in [1.807, 2.05) is 4.90 Å². The number of hydrogen-bond donors (Lipinski definition) is 1. The summed E-state index contributed by atoms with van der Waals surface area (Å²) in [5.74, 6) is 0.00144. The average molecular weight is 282 g/mol. The molecule has 20 heavy (non-hydrogen) atoms. The molecule has 0 aromatic carbocycles. The lowest BCUT2D eigenvalue weighted by Crippen LogP contribution is -2.54. The highest BCUT2D eigenvalue weighted by Crippen LogP contribution is 2.27. The Hall–Kier alpha value is -1.06. The van der Waals surface area contributed by atoms with Gasteiger partial charge in [-0.1, -0.05) is 40.0 Å². The molecule has 0 bridgehead atoms. The van der Waals surface area contributed by atoms with E-state index in [2.05, 4.69) is 26.1 Å². The van der Waals surface area contributed by atoms with Gasteiger partial charge in [0.2, 0.25) is 11.8 Å². The maximum atomic E-state index is 12.5. The Bertz CT molecular complexity index is 361. The monoisotopic (exact) mass is 282 g/mol. The molecule has 0 radical (unpaired) electrons. The van der Waals surface area contributed by atoms with Crippen LogP contribution in [0.1, 0.15) is 66.7 Å². The highest BCUT2D eigenvalue weighted by molar-refractivity contribution is 5.92. The molecule has 0 unspecified atom stereocenters. The minimum Gasteiger partial charge on any atom is -0.342 e. The summed E-state index contributed by atoms with van der Waals surface area (Å²) in [6.07, 6.45) is 5.17. The summed E-state index contributed by atoms with van der Waals surface area (Å²) in [4.78, 5) is 26.1. The van der Waals surface area contributed by atoms with Crippen LogP contribution in [-0.4, -0.2) is 35.3 Å². The number of nitrogens with zero attached hydrogens (tertiary/aromatic N) is 1. The van der Waals surface area contributed by atoms with E-state index in [1.165, 1.54) is 19.3 Å². The maximum absolute atomic E-state index is 12.5. The van der Waals surface area contributed by atoms with Gasteiger partial charge in [0.15, 0.2) is 0 Å². The zero-order chi connectivity index (χ0) is 15.4. The molecule has 0 aromatic heterocycles. The first-order valence-electron chi connectivity index (χ1n) is 7.78. The minimum absolute atomic E-state index is 0.0327. The topological polar surface area (TPSA) is 49.4 Å². The lowest BCUT2D eigenvalue weighted by atomic mass is 9.86. The summed E-state index contributed by atoms with van der Waals surface area (Å²) in [5.41, 5.74) is -0.679. The van der Waals surface area contributed by atoms with Gasteiger partial charge in [-0.2, -0.15) is 0 Å². The molecule has 1 heterocycles. The number of hydrogen-bond acceptors (Lipinski definition) is 2. The summed E-state index contributed by atoms with van der Waals surface area (Å²) in [5, 5.41) is 2.81. The summed E-state index contributed by atoms with van der Waals surface area (Å²) in [7, 11) is 0. The predicted octanol–water partition coefficient (Wildman–Crippen LogP) is 2.72. The van der Waals surface area contributed by atoms with Gasteiger partial charge in [0.25, 0.3) is 0 Å². The molecular formula is C16H30N2O2. The van der Waals surface area contributed by atoms with Crippen LogP contribution in [0.4, 0.5) is 0 Å². The zero-order valence-electron chi connectivity index (χ0n) is 13.7. The van der Waals surface area contributed by atoms with Crippen molar-refractivity contribution >= 4 is 11.8 Å². The van der Waals surface area contributed by atoms with Gasteiger partial charge >= 0.3 is 0 Å². The van der Waals surface area contributed by atoms with Crippen LogP contribution in [-0.2, 0) is 9.59 Å². The van der Waals surface area contributed by atoms with Gasteiger partial charge in [-0.15, -0.1) is 0 Å². The van der Waals surface area contributed by atoms with Crippen LogP contribution >= 0.6 is 0 Å². The summed E-state index contributed by atoms with van der Waals surface area (Å²) < 4.78 is 0. The van der Waals surface area contributed by atoms with Gasteiger partial charge < -0.3 is 10.2 Å². The lowest BCUT2D eigenvalue weighted by molar-refractivity contribution is -0.138. The van der Waals surface area contributed by atoms with Crippen LogP contribution in [0.3, 0.4) is 0 Å². The first kappa shape index (κ1) is 17.0. The molecule has 2 amide bonds. The number of nitrogens with one attached hydrogen (secondary N) is 1. The Kier molecular flexibility index (Phi) is 5.60. The Morgan fingerprint density at radius 1 is 1.25 bits per heavy atom. The van der Waals surface area contributed by atoms with E-state index in [0.717, 1.165) is 13.0 Å². The molecule has 0 aliphatic carbocycles. The number of carbonyl (C=O) groups excluding carboxylic acids is 2. The van der Waals surface area contributed by atoms with Gasteiger partial charge in [0.05, 0.1) is 0 Å². The third kappa shape index (κ3) is 4.80. The van der Waals surface area contributed by atoms with Crippen molar-refractivity contribution in [1.29, 1.82) is 0 Å². The lowest BCUT2D eigenvalue weighted by Gasteiger charge is -2.35. The SMILES string of the molecule is CCCCCC(C)(C)CN1CCC(=O)NC(C)(C)C1=O. The van der Waals surface area contributed by atoms with Crippen LogP contribution in [0.5, 0.6) is 0 Å². The van der Waals surface area contributed by atoms with E-state index in [9.17, 15) is 9.59 Å². The Labute approximate surface area is 123 Å². The second kappa shape index (κ2) is 6.59. The molecule has 116 valence electrons. The standard InChI is InChI=1S/C16H30N2O2/c1-6-7-8-10-15(2,3)12-18-11-9-13(19)17-16(4,5)14(18)20/h6-12H2,1-5H3,(H,17,19). The van der Waals surface area contributed by atoms with E-state index < -0.39 is 5.54 Å². The molecule has 0 aromatic rings. The molecular weight excluding hydrogens is 252 g/mol. The van der Waals surface area contributed by atoms with Crippen molar-refractivity contribution in [3.8, 4) is 0 Å². The van der Waals surface area contributed by atoms with E-state index in [1.54, 1.807) is 13.8 Å². The van der Waals surface area contributed by atoms with E-state index >= 15 is 0 Å². The fourth-order valence-electron chi connectivity index (χ4n) is 2.80. The van der Waals surface area contributed by atoms with E-state index in [-0.39, 0.29) is 17.2 Å². The minimum atomic E-state index is -0.785.